The summed E-state index contributed by atoms with van der Waals surface area (Å²) in [6, 6.07) is 4.11. The van der Waals surface area contributed by atoms with Crippen LogP contribution in [-0.4, -0.2) is 39.9 Å². The molecule has 1 fully saturated rings. The van der Waals surface area contributed by atoms with Crippen molar-refractivity contribution in [3.05, 3.63) is 39.4 Å². The normalized spacial score (nSPS) is 18.1. The number of hydrogen-bond donors (Lipinski definition) is 1. The maximum atomic E-state index is 12.3. The average Bonchev–Trinajstić information content (AvgIpc) is 2.88. The van der Waals surface area contributed by atoms with E-state index in [1.54, 1.807) is 6.92 Å². The summed E-state index contributed by atoms with van der Waals surface area (Å²) in [7, 11) is 0. The van der Waals surface area contributed by atoms with Crippen molar-refractivity contribution in [2.75, 3.05) is 13.1 Å². The highest BCUT2D eigenvalue weighted by atomic mass is 16.6. The van der Waals surface area contributed by atoms with Crippen molar-refractivity contribution in [2.45, 2.75) is 13.3 Å². The zero-order chi connectivity index (χ0) is 14.9. The summed E-state index contributed by atoms with van der Waals surface area (Å²) in [6.07, 6.45) is 0.412. The Kier molecular flexibility index (Phi) is 3.69. The first-order valence-electron chi connectivity index (χ1n) is 6.17. The van der Waals surface area contributed by atoms with Crippen LogP contribution in [0.1, 0.15) is 22.3 Å². The van der Waals surface area contributed by atoms with Crippen molar-refractivity contribution in [1.82, 2.24) is 4.90 Å². The summed E-state index contributed by atoms with van der Waals surface area (Å²) < 4.78 is 0. The number of nitrogens with zero attached hydrogens (tertiary/aromatic N) is 2. The molecule has 1 atom stereocenters. The van der Waals surface area contributed by atoms with Gasteiger partial charge in [-0.05, 0) is 18.9 Å². The molecule has 0 aliphatic carbocycles. The van der Waals surface area contributed by atoms with E-state index in [1.807, 2.05) is 0 Å². The molecule has 1 aliphatic rings. The molecule has 0 spiro atoms. The Labute approximate surface area is 115 Å². The maximum absolute atomic E-state index is 12.3. The van der Waals surface area contributed by atoms with E-state index in [9.17, 15) is 19.7 Å². The minimum atomic E-state index is -0.920. The molecular weight excluding hydrogens is 264 g/mol. The number of amides is 1. The van der Waals surface area contributed by atoms with Crippen LogP contribution in [0.4, 0.5) is 5.69 Å². The molecule has 1 heterocycles. The topological polar surface area (TPSA) is 101 Å². The lowest BCUT2D eigenvalue weighted by Crippen LogP contribution is -2.30. The van der Waals surface area contributed by atoms with Gasteiger partial charge < -0.3 is 10.0 Å². The van der Waals surface area contributed by atoms with Gasteiger partial charge in [-0.25, -0.2) is 0 Å². The SMILES string of the molecule is Cc1ccc([N+](=O)[O-])cc1C(=O)N1CCC(C(=O)O)C1. The number of benzene rings is 1. The van der Waals surface area contributed by atoms with Gasteiger partial charge in [0.15, 0.2) is 0 Å². The van der Waals surface area contributed by atoms with Crippen LogP contribution in [0.25, 0.3) is 0 Å². The Morgan fingerprint density at radius 2 is 2.15 bits per heavy atom. The van der Waals surface area contributed by atoms with Crippen LogP contribution >= 0.6 is 0 Å². The number of aryl methyl sites for hydroxylation is 1. The van der Waals surface area contributed by atoms with Gasteiger partial charge in [-0.3, -0.25) is 19.7 Å². The van der Waals surface area contributed by atoms with E-state index < -0.39 is 16.8 Å². The van der Waals surface area contributed by atoms with E-state index in [0.717, 1.165) is 0 Å². The Bertz CT molecular complexity index is 584. The molecule has 7 nitrogen and oxygen atoms in total. The van der Waals surface area contributed by atoms with Gasteiger partial charge in [-0.1, -0.05) is 6.07 Å². The van der Waals surface area contributed by atoms with Crippen LogP contribution in [0.3, 0.4) is 0 Å². The molecule has 0 radical (unpaired) electrons. The molecule has 1 aromatic rings. The number of aliphatic carboxylic acids is 1. The van der Waals surface area contributed by atoms with Crippen molar-refractivity contribution in [2.24, 2.45) is 5.92 Å². The lowest BCUT2D eigenvalue weighted by molar-refractivity contribution is -0.384. The molecule has 1 aromatic carbocycles. The average molecular weight is 278 g/mol. The third kappa shape index (κ3) is 2.61. The van der Waals surface area contributed by atoms with Crippen LogP contribution in [0.15, 0.2) is 18.2 Å². The monoisotopic (exact) mass is 278 g/mol. The summed E-state index contributed by atoms with van der Waals surface area (Å²) in [5, 5.41) is 19.7. The van der Waals surface area contributed by atoms with Crippen LogP contribution in [0.2, 0.25) is 0 Å². The van der Waals surface area contributed by atoms with Crippen molar-refractivity contribution in [3.63, 3.8) is 0 Å². The van der Waals surface area contributed by atoms with Crippen LogP contribution < -0.4 is 0 Å². The van der Waals surface area contributed by atoms with E-state index in [2.05, 4.69) is 0 Å². The fourth-order valence-corrected chi connectivity index (χ4v) is 2.27. The molecule has 1 saturated heterocycles. The molecule has 2 rings (SSSR count). The quantitative estimate of drug-likeness (QED) is 0.666. The zero-order valence-corrected chi connectivity index (χ0v) is 10.9. The Hall–Kier alpha value is -2.44. The molecule has 106 valence electrons. The Morgan fingerprint density at radius 1 is 1.45 bits per heavy atom. The van der Waals surface area contributed by atoms with Crippen LogP contribution in [0.5, 0.6) is 0 Å². The van der Waals surface area contributed by atoms with Crippen LogP contribution in [0, 0.1) is 23.0 Å². The second kappa shape index (κ2) is 5.28. The lowest BCUT2D eigenvalue weighted by atomic mass is 10.1. The number of likely N-dealkylation sites (tertiary alicyclic amines) is 1. The highest BCUT2D eigenvalue weighted by molar-refractivity contribution is 5.96. The molecule has 1 N–H and O–H groups in total. The minimum absolute atomic E-state index is 0.145. The number of nitro benzene ring substituents is 1. The van der Waals surface area contributed by atoms with E-state index in [0.29, 0.717) is 18.5 Å². The predicted octanol–water partition coefficient (Wildman–Crippen LogP) is 1.45. The number of carboxylic acid groups (broad SMARTS) is 1. The van der Waals surface area contributed by atoms with Gasteiger partial charge in [-0.15, -0.1) is 0 Å². The fraction of sp³-hybridized carbons (Fsp3) is 0.385. The largest absolute Gasteiger partial charge is 0.481 e. The van der Waals surface area contributed by atoms with Gasteiger partial charge in [0.2, 0.25) is 0 Å². The van der Waals surface area contributed by atoms with Gasteiger partial charge in [-0.2, -0.15) is 0 Å². The standard InChI is InChI=1S/C13H14N2O5/c1-8-2-3-10(15(19)20)6-11(8)12(16)14-5-4-9(7-14)13(17)18/h2-3,6,9H,4-5,7H2,1H3,(H,17,18). The number of carbonyl (C=O) groups is 2. The highest BCUT2D eigenvalue weighted by Crippen LogP contribution is 2.23. The summed E-state index contributed by atoms with van der Waals surface area (Å²) in [4.78, 5) is 34.8. The smallest absolute Gasteiger partial charge is 0.308 e. The molecular formula is C13H14N2O5. The molecule has 0 bridgehead atoms. The van der Waals surface area contributed by atoms with E-state index in [1.165, 1.54) is 23.1 Å². The molecule has 20 heavy (non-hydrogen) atoms. The number of rotatable bonds is 3. The second-order valence-electron chi connectivity index (χ2n) is 4.83. The van der Waals surface area contributed by atoms with Gasteiger partial charge in [0, 0.05) is 30.8 Å². The zero-order valence-electron chi connectivity index (χ0n) is 10.9. The number of non-ortho nitro benzene ring substituents is 1. The highest BCUT2D eigenvalue weighted by Gasteiger charge is 2.32. The van der Waals surface area contributed by atoms with Crippen LogP contribution in [-0.2, 0) is 4.79 Å². The first-order chi connectivity index (χ1) is 9.40. The minimum Gasteiger partial charge on any atom is -0.481 e. The van der Waals surface area contributed by atoms with E-state index >= 15 is 0 Å². The van der Waals surface area contributed by atoms with E-state index in [4.69, 9.17) is 5.11 Å². The molecule has 1 aliphatic heterocycles. The van der Waals surface area contributed by atoms with Gasteiger partial charge in [0.1, 0.15) is 0 Å². The first kappa shape index (κ1) is 14.0. The molecule has 0 saturated carbocycles. The predicted molar refractivity (Wildman–Crippen MR) is 69.5 cm³/mol. The van der Waals surface area contributed by atoms with E-state index in [-0.39, 0.29) is 23.7 Å². The van der Waals surface area contributed by atoms with Gasteiger partial charge in [0.05, 0.1) is 10.8 Å². The fourth-order valence-electron chi connectivity index (χ4n) is 2.27. The Balaban J connectivity index is 2.23. The van der Waals surface area contributed by atoms with Gasteiger partial charge in [0.25, 0.3) is 11.6 Å². The number of nitro groups is 1. The molecule has 0 aromatic heterocycles. The first-order valence-corrected chi connectivity index (χ1v) is 6.17. The van der Waals surface area contributed by atoms with Crippen molar-refractivity contribution < 1.29 is 19.6 Å². The molecule has 7 heteroatoms. The lowest BCUT2D eigenvalue weighted by Gasteiger charge is -2.17. The van der Waals surface area contributed by atoms with Crippen molar-refractivity contribution in [1.29, 1.82) is 0 Å². The summed E-state index contributed by atoms with van der Waals surface area (Å²) in [5.41, 5.74) is 0.748. The molecule has 1 amide bonds. The van der Waals surface area contributed by atoms with Gasteiger partial charge >= 0.3 is 5.97 Å². The molecule has 1 unspecified atom stereocenters. The second-order valence-corrected chi connectivity index (χ2v) is 4.83. The third-order valence-electron chi connectivity index (χ3n) is 3.49. The third-order valence-corrected chi connectivity index (χ3v) is 3.49. The van der Waals surface area contributed by atoms with Crippen molar-refractivity contribution >= 4 is 17.6 Å². The maximum Gasteiger partial charge on any atom is 0.308 e. The summed E-state index contributed by atoms with van der Waals surface area (Å²) in [6.45, 7) is 2.20. The Morgan fingerprint density at radius 3 is 2.70 bits per heavy atom. The number of carbonyl (C=O) groups excluding carboxylic acids is 1. The number of hydrogen-bond acceptors (Lipinski definition) is 4. The van der Waals surface area contributed by atoms with Crippen molar-refractivity contribution in [3.8, 4) is 0 Å². The summed E-state index contributed by atoms with van der Waals surface area (Å²) >= 11 is 0. The summed E-state index contributed by atoms with van der Waals surface area (Å²) in [5.74, 6) is -1.83. The number of carboxylic acids is 1.